The average Bonchev–Trinajstić information content (AvgIpc) is 2.15. The molecule has 86 valence electrons. The van der Waals surface area contributed by atoms with E-state index in [1.54, 1.807) is 6.20 Å². The molecule has 0 bridgehead atoms. The van der Waals surface area contributed by atoms with Crippen molar-refractivity contribution in [2.45, 2.75) is 0 Å². The van der Waals surface area contributed by atoms with Gasteiger partial charge in [0.25, 0.3) is 0 Å². The minimum atomic E-state index is -4.67. The van der Waals surface area contributed by atoms with Crippen LogP contribution in [0, 0.1) is 0 Å². The number of para-hydroxylation sites is 1. The first kappa shape index (κ1) is 12.3. The van der Waals surface area contributed by atoms with Crippen LogP contribution in [0.15, 0.2) is 35.3 Å². The molecule has 0 saturated heterocycles. The Kier molecular flexibility index (Phi) is 3.72. The van der Waals surface area contributed by atoms with Crippen LogP contribution in [-0.4, -0.2) is 27.5 Å². The van der Waals surface area contributed by atoms with Crippen molar-refractivity contribution in [3.05, 3.63) is 40.9 Å². The Hall–Kier alpha value is -1.77. The molecule has 0 aliphatic rings. The summed E-state index contributed by atoms with van der Waals surface area (Å²) >= 11 is 0. The predicted octanol–water partition coefficient (Wildman–Crippen LogP) is 0.270. The summed E-state index contributed by atoms with van der Waals surface area (Å²) in [5.74, 6) is 0. The van der Waals surface area contributed by atoms with Crippen LogP contribution < -0.4 is 5.69 Å². The van der Waals surface area contributed by atoms with Crippen molar-refractivity contribution in [1.29, 1.82) is 0 Å². The maximum absolute atomic E-state index is 10.7. The first-order chi connectivity index (χ1) is 7.36. The Morgan fingerprint density at radius 2 is 1.75 bits per heavy atom. The van der Waals surface area contributed by atoms with Gasteiger partial charge in [0, 0.05) is 11.6 Å². The molecule has 0 aliphatic heterocycles. The summed E-state index contributed by atoms with van der Waals surface area (Å²) in [6.07, 6.45) is 1.56. The topological polar surface area (TPSA) is 120 Å². The quantitative estimate of drug-likeness (QED) is 0.572. The molecule has 0 amide bonds. The summed E-state index contributed by atoms with van der Waals surface area (Å²) < 4.78 is 31.6. The third-order valence-corrected chi connectivity index (χ3v) is 1.52. The molecule has 0 radical (unpaired) electrons. The largest absolute Gasteiger partial charge is 0.394 e. The van der Waals surface area contributed by atoms with Crippen LogP contribution in [0.5, 0.6) is 0 Å². The van der Waals surface area contributed by atoms with Crippen LogP contribution in [0.3, 0.4) is 0 Å². The van der Waals surface area contributed by atoms with E-state index < -0.39 is 10.4 Å². The van der Waals surface area contributed by atoms with Crippen molar-refractivity contribution in [3.63, 3.8) is 0 Å². The number of nitrogens with zero attached hydrogens (tertiary/aromatic N) is 1. The van der Waals surface area contributed by atoms with Gasteiger partial charge >= 0.3 is 16.1 Å². The van der Waals surface area contributed by atoms with Gasteiger partial charge in [-0.2, -0.15) is 8.42 Å². The van der Waals surface area contributed by atoms with E-state index in [-0.39, 0.29) is 5.69 Å². The number of rotatable bonds is 0. The van der Waals surface area contributed by atoms with Crippen LogP contribution in [0.2, 0.25) is 0 Å². The lowest BCUT2D eigenvalue weighted by Crippen LogP contribution is -2.07. The molecule has 1 aromatic carbocycles. The number of H-pyrrole nitrogens is 1. The molecule has 0 fully saturated rings. The summed E-state index contributed by atoms with van der Waals surface area (Å²) in [4.78, 5) is 16.9. The molecule has 0 unspecified atom stereocenters. The van der Waals surface area contributed by atoms with E-state index in [1.807, 2.05) is 24.3 Å². The normalized spacial score (nSPS) is 10.6. The van der Waals surface area contributed by atoms with Crippen molar-refractivity contribution in [3.8, 4) is 0 Å². The van der Waals surface area contributed by atoms with Gasteiger partial charge in [0.15, 0.2) is 0 Å². The lowest BCUT2D eigenvalue weighted by Gasteiger charge is -1.92. The fraction of sp³-hybridized carbons (Fsp3) is 0. The molecule has 1 aromatic heterocycles. The fourth-order valence-corrected chi connectivity index (χ4v) is 0.999. The van der Waals surface area contributed by atoms with Gasteiger partial charge in [0.05, 0.1) is 5.52 Å². The number of aromatic amines is 1. The zero-order valence-corrected chi connectivity index (χ0v) is 8.68. The second kappa shape index (κ2) is 4.84. The highest BCUT2D eigenvalue weighted by atomic mass is 32.3. The fourth-order valence-electron chi connectivity index (χ4n) is 0.999. The third kappa shape index (κ3) is 4.64. The Morgan fingerprint density at radius 3 is 2.38 bits per heavy atom. The predicted molar refractivity (Wildman–Crippen MR) is 56.5 cm³/mol. The smallest absolute Gasteiger partial charge is 0.305 e. The van der Waals surface area contributed by atoms with E-state index >= 15 is 0 Å². The highest BCUT2D eigenvalue weighted by molar-refractivity contribution is 7.79. The zero-order valence-electron chi connectivity index (χ0n) is 7.86. The number of benzene rings is 1. The Morgan fingerprint density at radius 1 is 1.19 bits per heavy atom. The Labute approximate surface area is 90.4 Å². The zero-order chi connectivity index (χ0) is 12.2. The van der Waals surface area contributed by atoms with E-state index in [0.717, 1.165) is 10.9 Å². The van der Waals surface area contributed by atoms with Crippen molar-refractivity contribution in [1.82, 2.24) is 9.97 Å². The van der Waals surface area contributed by atoms with Gasteiger partial charge in [0.1, 0.15) is 0 Å². The first-order valence-corrected chi connectivity index (χ1v) is 5.40. The molecular weight excluding hydrogens is 236 g/mol. The molecule has 1 heterocycles. The average molecular weight is 244 g/mol. The van der Waals surface area contributed by atoms with Crippen molar-refractivity contribution in [2.75, 3.05) is 0 Å². The van der Waals surface area contributed by atoms with Crippen molar-refractivity contribution >= 4 is 21.3 Å². The minimum absolute atomic E-state index is 0.302. The number of hydrogen-bond acceptors (Lipinski definition) is 4. The van der Waals surface area contributed by atoms with Crippen molar-refractivity contribution < 1.29 is 17.5 Å². The van der Waals surface area contributed by atoms with E-state index in [4.69, 9.17) is 17.5 Å². The summed E-state index contributed by atoms with van der Waals surface area (Å²) in [6.45, 7) is 0. The van der Waals surface area contributed by atoms with Gasteiger partial charge in [0.2, 0.25) is 0 Å². The summed E-state index contributed by atoms with van der Waals surface area (Å²) in [6, 6.07) is 7.53. The highest BCUT2D eigenvalue weighted by Crippen LogP contribution is 2.05. The molecule has 2 rings (SSSR count). The molecule has 3 N–H and O–H groups in total. The number of fused-ring (bicyclic) bond motifs is 1. The van der Waals surface area contributed by atoms with Gasteiger partial charge in [-0.1, -0.05) is 18.2 Å². The van der Waals surface area contributed by atoms with E-state index in [9.17, 15) is 4.79 Å². The van der Waals surface area contributed by atoms with Crippen LogP contribution in [0.4, 0.5) is 0 Å². The molecule has 0 spiro atoms. The standard InChI is InChI=1S/C8H6N2O.H2O4S/c11-8-9-5-6-3-1-2-4-7(6)10-8;1-5(2,3)4/h1-5H,(H,9,10,11);(H2,1,2,3,4). The second-order valence-electron chi connectivity index (χ2n) is 2.72. The summed E-state index contributed by atoms with van der Waals surface area (Å²) in [7, 11) is -4.67. The first-order valence-electron chi connectivity index (χ1n) is 4.00. The second-order valence-corrected chi connectivity index (χ2v) is 3.62. The van der Waals surface area contributed by atoms with Gasteiger partial charge in [-0.25, -0.2) is 9.78 Å². The number of aromatic nitrogens is 2. The highest BCUT2D eigenvalue weighted by Gasteiger charge is 1.90. The lowest BCUT2D eigenvalue weighted by molar-refractivity contribution is 0.381. The summed E-state index contributed by atoms with van der Waals surface area (Å²) in [5.41, 5.74) is 0.524. The van der Waals surface area contributed by atoms with Crippen molar-refractivity contribution in [2.24, 2.45) is 0 Å². The maximum Gasteiger partial charge on any atom is 0.394 e. The van der Waals surface area contributed by atoms with Crippen LogP contribution >= 0.6 is 0 Å². The molecular formula is C8H8N2O5S. The van der Waals surface area contributed by atoms with E-state index in [2.05, 4.69) is 9.97 Å². The van der Waals surface area contributed by atoms with Gasteiger partial charge in [-0.3, -0.25) is 9.11 Å². The van der Waals surface area contributed by atoms with Crippen LogP contribution in [0.25, 0.3) is 10.9 Å². The molecule has 8 heteroatoms. The molecule has 16 heavy (non-hydrogen) atoms. The van der Waals surface area contributed by atoms with Crippen LogP contribution in [0.1, 0.15) is 0 Å². The molecule has 0 aliphatic carbocycles. The van der Waals surface area contributed by atoms with Crippen LogP contribution in [-0.2, 0) is 10.4 Å². The Bertz CT molecular complexity index is 626. The Balaban J connectivity index is 0.000000221. The molecule has 7 nitrogen and oxygen atoms in total. The van der Waals surface area contributed by atoms with Gasteiger partial charge in [-0.05, 0) is 6.07 Å². The number of nitrogens with one attached hydrogen (secondary N) is 1. The van der Waals surface area contributed by atoms with Gasteiger partial charge < -0.3 is 4.98 Å². The molecule has 0 atom stereocenters. The molecule has 2 aromatic rings. The SMILES string of the molecule is O=S(=O)(O)O.O=c1ncc2ccccc2[nH]1. The number of hydrogen-bond donors (Lipinski definition) is 3. The van der Waals surface area contributed by atoms with E-state index in [1.165, 1.54) is 0 Å². The molecule has 0 saturated carbocycles. The third-order valence-electron chi connectivity index (χ3n) is 1.52. The van der Waals surface area contributed by atoms with Gasteiger partial charge in [-0.15, -0.1) is 0 Å². The monoisotopic (exact) mass is 244 g/mol. The minimum Gasteiger partial charge on any atom is -0.305 e. The summed E-state index contributed by atoms with van der Waals surface area (Å²) in [5, 5.41) is 0.951. The maximum atomic E-state index is 10.7. The lowest BCUT2D eigenvalue weighted by atomic mass is 10.2. The van der Waals surface area contributed by atoms with E-state index in [0.29, 0.717) is 0 Å².